The number of nitrogens with one attached hydrogen (secondary N) is 1. The van der Waals surface area contributed by atoms with Crippen LogP contribution in [0.5, 0.6) is 0 Å². The number of piperazine rings is 1. The van der Waals surface area contributed by atoms with Gasteiger partial charge in [0.25, 0.3) is 0 Å². The monoisotopic (exact) mass is 248 g/mol. The fourth-order valence-electron chi connectivity index (χ4n) is 2.02. The predicted molar refractivity (Wildman–Crippen MR) is 69.5 cm³/mol. The number of amides is 1. The Morgan fingerprint density at radius 2 is 2.00 bits per heavy atom. The van der Waals surface area contributed by atoms with Gasteiger partial charge in [0.15, 0.2) is 0 Å². The van der Waals surface area contributed by atoms with Gasteiger partial charge in [-0.3, -0.25) is 4.79 Å². The van der Waals surface area contributed by atoms with Crippen LogP contribution in [-0.2, 0) is 4.79 Å². The van der Waals surface area contributed by atoms with Crippen LogP contribution in [0.25, 0.3) is 5.57 Å². The third-order valence-electron chi connectivity index (χ3n) is 3.07. The van der Waals surface area contributed by atoms with Gasteiger partial charge in [-0.1, -0.05) is 18.2 Å². The summed E-state index contributed by atoms with van der Waals surface area (Å²) in [4.78, 5) is 13.8. The number of allylic oxidation sites excluding steroid dienone is 1. The third-order valence-corrected chi connectivity index (χ3v) is 3.07. The lowest BCUT2D eigenvalue weighted by Crippen LogP contribution is -2.45. The Morgan fingerprint density at radius 1 is 1.33 bits per heavy atom. The normalized spacial score (nSPS) is 16.8. The topological polar surface area (TPSA) is 32.3 Å². The van der Waals surface area contributed by atoms with Crippen molar-refractivity contribution >= 4 is 11.5 Å². The molecular weight excluding hydrogens is 231 g/mol. The van der Waals surface area contributed by atoms with E-state index >= 15 is 0 Å². The number of carbonyl (C=O) groups excluding carboxylic acids is 1. The molecular formula is C14H17FN2O. The standard InChI is InChI=1S/C14H17FN2O/c1-11(12-4-2-3-5-13(12)15)10-14(18)17-8-6-16-7-9-17/h2-5,10,16H,6-9H2,1H3/b11-10+. The molecule has 3 nitrogen and oxygen atoms in total. The molecule has 1 N–H and O–H groups in total. The van der Waals surface area contributed by atoms with Gasteiger partial charge in [0.1, 0.15) is 5.82 Å². The number of rotatable bonds is 2. The van der Waals surface area contributed by atoms with Crippen molar-refractivity contribution in [3.8, 4) is 0 Å². The number of benzene rings is 1. The molecule has 1 aromatic carbocycles. The summed E-state index contributed by atoms with van der Waals surface area (Å²) in [7, 11) is 0. The Hall–Kier alpha value is -1.68. The molecule has 0 aromatic heterocycles. The van der Waals surface area contributed by atoms with E-state index in [4.69, 9.17) is 0 Å². The van der Waals surface area contributed by atoms with Gasteiger partial charge in [-0.2, -0.15) is 0 Å². The van der Waals surface area contributed by atoms with E-state index < -0.39 is 0 Å². The molecule has 0 atom stereocenters. The fraction of sp³-hybridized carbons (Fsp3) is 0.357. The lowest BCUT2D eigenvalue weighted by Gasteiger charge is -2.26. The zero-order valence-electron chi connectivity index (χ0n) is 10.4. The minimum absolute atomic E-state index is 0.0442. The zero-order chi connectivity index (χ0) is 13.0. The average molecular weight is 248 g/mol. The maximum Gasteiger partial charge on any atom is 0.246 e. The van der Waals surface area contributed by atoms with Crippen molar-refractivity contribution < 1.29 is 9.18 Å². The van der Waals surface area contributed by atoms with Crippen LogP contribution >= 0.6 is 0 Å². The molecule has 0 radical (unpaired) electrons. The highest BCUT2D eigenvalue weighted by atomic mass is 19.1. The first-order valence-corrected chi connectivity index (χ1v) is 6.11. The second kappa shape index (κ2) is 5.78. The van der Waals surface area contributed by atoms with E-state index in [0.717, 1.165) is 13.1 Å². The average Bonchev–Trinajstić information content (AvgIpc) is 2.40. The minimum Gasteiger partial charge on any atom is -0.337 e. The van der Waals surface area contributed by atoms with Gasteiger partial charge in [-0.15, -0.1) is 0 Å². The van der Waals surface area contributed by atoms with Crippen molar-refractivity contribution in [1.29, 1.82) is 0 Å². The lowest BCUT2D eigenvalue weighted by atomic mass is 10.1. The first kappa shape index (κ1) is 12.8. The molecule has 1 saturated heterocycles. The molecule has 1 amide bonds. The van der Waals surface area contributed by atoms with Crippen molar-refractivity contribution in [1.82, 2.24) is 10.2 Å². The Balaban J connectivity index is 2.12. The highest BCUT2D eigenvalue weighted by Gasteiger charge is 2.14. The molecule has 1 aliphatic rings. The summed E-state index contributed by atoms with van der Waals surface area (Å²) in [6.07, 6.45) is 1.52. The number of nitrogens with zero attached hydrogens (tertiary/aromatic N) is 1. The Morgan fingerprint density at radius 3 is 2.67 bits per heavy atom. The first-order chi connectivity index (χ1) is 8.68. The largest absolute Gasteiger partial charge is 0.337 e. The zero-order valence-corrected chi connectivity index (χ0v) is 10.4. The molecule has 0 spiro atoms. The molecule has 1 aliphatic heterocycles. The predicted octanol–water partition coefficient (Wildman–Crippen LogP) is 1.66. The van der Waals surface area contributed by atoms with Gasteiger partial charge >= 0.3 is 0 Å². The maximum absolute atomic E-state index is 13.6. The van der Waals surface area contributed by atoms with E-state index in [1.165, 1.54) is 12.1 Å². The van der Waals surface area contributed by atoms with Crippen molar-refractivity contribution in [2.45, 2.75) is 6.92 Å². The SMILES string of the molecule is C/C(=C\C(=O)N1CCNCC1)c1ccccc1F. The summed E-state index contributed by atoms with van der Waals surface area (Å²) in [5.41, 5.74) is 1.15. The van der Waals surface area contributed by atoms with E-state index in [1.54, 1.807) is 30.0 Å². The molecule has 1 heterocycles. The van der Waals surface area contributed by atoms with Crippen LogP contribution in [0.1, 0.15) is 12.5 Å². The van der Waals surface area contributed by atoms with Crippen LogP contribution in [-0.4, -0.2) is 37.0 Å². The van der Waals surface area contributed by atoms with E-state index in [0.29, 0.717) is 24.2 Å². The molecule has 2 rings (SSSR count). The molecule has 0 saturated carbocycles. The van der Waals surface area contributed by atoms with E-state index in [2.05, 4.69) is 5.32 Å². The molecule has 0 bridgehead atoms. The van der Waals surface area contributed by atoms with Crippen LogP contribution in [0.2, 0.25) is 0 Å². The van der Waals surface area contributed by atoms with Gasteiger partial charge in [0, 0.05) is 37.8 Å². The highest BCUT2D eigenvalue weighted by Crippen LogP contribution is 2.17. The maximum atomic E-state index is 13.6. The molecule has 1 fully saturated rings. The van der Waals surface area contributed by atoms with Gasteiger partial charge in [0.05, 0.1) is 0 Å². The van der Waals surface area contributed by atoms with Crippen molar-refractivity contribution in [2.75, 3.05) is 26.2 Å². The molecule has 1 aromatic rings. The van der Waals surface area contributed by atoms with Crippen molar-refractivity contribution in [2.24, 2.45) is 0 Å². The summed E-state index contributed by atoms with van der Waals surface area (Å²) in [5, 5.41) is 3.19. The number of hydrogen-bond donors (Lipinski definition) is 1. The van der Waals surface area contributed by atoms with E-state index in [-0.39, 0.29) is 11.7 Å². The number of carbonyl (C=O) groups is 1. The van der Waals surface area contributed by atoms with Gasteiger partial charge < -0.3 is 10.2 Å². The summed E-state index contributed by atoms with van der Waals surface area (Å²) in [6, 6.07) is 6.50. The summed E-state index contributed by atoms with van der Waals surface area (Å²) < 4.78 is 13.6. The van der Waals surface area contributed by atoms with E-state index in [9.17, 15) is 9.18 Å². The lowest BCUT2D eigenvalue weighted by molar-refractivity contribution is -0.126. The number of halogens is 1. The smallest absolute Gasteiger partial charge is 0.246 e. The van der Waals surface area contributed by atoms with Crippen LogP contribution in [0.3, 0.4) is 0 Å². The second-order valence-corrected chi connectivity index (χ2v) is 4.38. The summed E-state index contributed by atoms with van der Waals surface area (Å²) in [5.74, 6) is -0.336. The highest BCUT2D eigenvalue weighted by molar-refractivity contribution is 5.95. The summed E-state index contributed by atoms with van der Waals surface area (Å²) >= 11 is 0. The van der Waals surface area contributed by atoms with Crippen molar-refractivity contribution in [3.63, 3.8) is 0 Å². The van der Waals surface area contributed by atoms with Crippen LogP contribution in [0, 0.1) is 5.82 Å². The quantitative estimate of drug-likeness (QED) is 0.807. The van der Waals surface area contributed by atoms with Crippen molar-refractivity contribution in [3.05, 3.63) is 41.7 Å². The molecule has 18 heavy (non-hydrogen) atoms. The van der Waals surface area contributed by atoms with Crippen LogP contribution in [0.15, 0.2) is 30.3 Å². The molecule has 0 aliphatic carbocycles. The van der Waals surface area contributed by atoms with E-state index in [1.807, 2.05) is 0 Å². The second-order valence-electron chi connectivity index (χ2n) is 4.38. The third kappa shape index (κ3) is 2.96. The Bertz CT molecular complexity index is 465. The minimum atomic E-state index is -0.292. The van der Waals surface area contributed by atoms with Gasteiger partial charge in [0.2, 0.25) is 5.91 Å². The Labute approximate surface area is 106 Å². The van der Waals surface area contributed by atoms with Gasteiger partial charge in [-0.25, -0.2) is 4.39 Å². The first-order valence-electron chi connectivity index (χ1n) is 6.11. The summed E-state index contributed by atoms with van der Waals surface area (Å²) in [6.45, 7) is 4.81. The molecule has 0 unspecified atom stereocenters. The molecule has 96 valence electrons. The van der Waals surface area contributed by atoms with Crippen LogP contribution < -0.4 is 5.32 Å². The molecule has 4 heteroatoms. The Kier molecular flexibility index (Phi) is 4.10. The van der Waals surface area contributed by atoms with Gasteiger partial charge in [-0.05, 0) is 18.6 Å². The number of hydrogen-bond acceptors (Lipinski definition) is 2. The van der Waals surface area contributed by atoms with Crippen LogP contribution in [0.4, 0.5) is 4.39 Å². The fourth-order valence-corrected chi connectivity index (χ4v) is 2.02.